The van der Waals surface area contributed by atoms with E-state index in [0.29, 0.717) is 22.9 Å². The van der Waals surface area contributed by atoms with Crippen molar-refractivity contribution in [3.63, 3.8) is 0 Å². The van der Waals surface area contributed by atoms with Crippen LogP contribution in [0.1, 0.15) is 11.7 Å². The van der Waals surface area contributed by atoms with E-state index in [1.807, 2.05) is 6.07 Å². The summed E-state index contributed by atoms with van der Waals surface area (Å²) in [6.45, 7) is 1.85. The van der Waals surface area contributed by atoms with E-state index in [4.69, 9.17) is 4.52 Å². The molecule has 0 aliphatic carbocycles. The summed E-state index contributed by atoms with van der Waals surface area (Å²) < 4.78 is 19.6. The van der Waals surface area contributed by atoms with Crippen molar-refractivity contribution in [2.24, 2.45) is 0 Å². The highest BCUT2D eigenvalue weighted by Crippen LogP contribution is 2.22. The van der Waals surface area contributed by atoms with Crippen LogP contribution in [0.4, 0.5) is 4.39 Å². The second-order valence-corrected chi connectivity index (χ2v) is 5.35. The molecule has 0 spiro atoms. The first kappa shape index (κ1) is 14.3. The van der Waals surface area contributed by atoms with Gasteiger partial charge in [-0.2, -0.15) is 4.98 Å². The molecule has 0 radical (unpaired) electrons. The molecule has 0 amide bonds. The lowest BCUT2D eigenvalue weighted by atomic mass is 10.1. The lowest BCUT2D eigenvalue weighted by Crippen LogP contribution is -2.17. The van der Waals surface area contributed by atoms with E-state index < -0.39 is 0 Å². The molecular formula is C16H12FN5O2. The van der Waals surface area contributed by atoms with Crippen LogP contribution in [-0.2, 0) is 6.54 Å². The summed E-state index contributed by atoms with van der Waals surface area (Å²) in [5, 5.41) is 3.72. The number of pyridine rings is 1. The lowest BCUT2D eigenvalue weighted by Gasteiger charge is -2.03. The summed E-state index contributed by atoms with van der Waals surface area (Å²) in [7, 11) is 0. The first-order chi connectivity index (χ1) is 11.6. The zero-order valence-corrected chi connectivity index (χ0v) is 12.7. The first-order valence-corrected chi connectivity index (χ1v) is 7.24. The molecule has 8 heteroatoms. The quantitative estimate of drug-likeness (QED) is 0.624. The maximum absolute atomic E-state index is 13.1. The molecule has 0 bridgehead atoms. The van der Waals surface area contributed by atoms with Gasteiger partial charge in [0.1, 0.15) is 12.4 Å². The fourth-order valence-corrected chi connectivity index (χ4v) is 2.53. The van der Waals surface area contributed by atoms with E-state index >= 15 is 0 Å². The highest BCUT2D eigenvalue weighted by molar-refractivity contribution is 5.78. The fourth-order valence-electron chi connectivity index (χ4n) is 2.53. The summed E-state index contributed by atoms with van der Waals surface area (Å²) in [6, 6.07) is 7.90. The molecule has 24 heavy (non-hydrogen) atoms. The average Bonchev–Trinajstić information content (AvgIpc) is 3.12. The number of rotatable bonds is 3. The van der Waals surface area contributed by atoms with Gasteiger partial charge in [0.15, 0.2) is 11.5 Å². The summed E-state index contributed by atoms with van der Waals surface area (Å²) >= 11 is 0. The molecular weight excluding hydrogens is 313 g/mol. The molecule has 3 aromatic heterocycles. The van der Waals surface area contributed by atoms with Crippen LogP contribution in [-0.4, -0.2) is 24.7 Å². The highest BCUT2D eigenvalue weighted by Gasteiger charge is 2.13. The van der Waals surface area contributed by atoms with E-state index in [2.05, 4.69) is 20.1 Å². The van der Waals surface area contributed by atoms with Crippen molar-refractivity contribution >= 4 is 11.2 Å². The summed E-state index contributed by atoms with van der Waals surface area (Å²) in [4.78, 5) is 23.2. The Morgan fingerprint density at radius 2 is 2.04 bits per heavy atom. The number of halogens is 1. The zero-order valence-electron chi connectivity index (χ0n) is 12.7. The maximum atomic E-state index is 13.1. The molecule has 0 saturated heterocycles. The van der Waals surface area contributed by atoms with Gasteiger partial charge >= 0.3 is 5.69 Å². The Bertz CT molecular complexity index is 1080. The van der Waals surface area contributed by atoms with Gasteiger partial charge in [-0.1, -0.05) is 17.3 Å². The number of nitrogens with zero attached hydrogens (tertiary/aromatic N) is 4. The second-order valence-electron chi connectivity index (χ2n) is 5.35. The minimum atomic E-state index is -0.315. The van der Waals surface area contributed by atoms with E-state index in [0.717, 1.165) is 11.1 Å². The van der Waals surface area contributed by atoms with Crippen LogP contribution >= 0.6 is 0 Å². The van der Waals surface area contributed by atoms with Gasteiger partial charge in [0.05, 0.1) is 5.52 Å². The van der Waals surface area contributed by atoms with Crippen LogP contribution in [0, 0.1) is 12.7 Å². The number of hydrogen-bond donors (Lipinski definition) is 1. The van der Waals surface area contributed by atoms with Crippen LogP contribution in [0.2, 0.25) is 0 Å². The third-order valence-electron chi connectivity index (χ3n) is 3.67. The van der Waals surface area contributed by atoms with E-state index in [-0.39, 0.29) is 18.1 Å². The Hall–Kier alpha value is -3.29. The number of aromatic amines is 1. The Morgan fingerprint density at radius 3 is 2.75 bits per heavy atom. The first-order valence-electron chi connectivity index (χ1n) is 7.24. The zero-order chi connectivity index (χ0) is 16.7. The van der Waals surface area contributed by atoms with Gasteiger partial charge in [-0.05, 0) is 30.7 Å². The van der Waals surface area contributed by atoms with Crippen LogP contribution in [0.5, 0.6) is 0 Å². The molecule has 1 aromatic carbocycles. The van der Waals surface area contributed by atoms with Gasteiger partial charge in [-0.3, -0.25) is 9.55 Å². The predicted octanol–water partition coefficient (Wildman–Crippen LogP) is 2.27. The van der Waals surface area contributed by atoms with Crippen molar-refractivity contribution in [3.05, 3.63) is 64.5 Å². The molecule has 1 N–H and O–H groups in total. The SMILES string of the molecule is Cc1noc(Cn2c(=O)[nH]c3ncc(-c4ccc(F)cc4)cc32)n1. The van der Waals surface area contributed by atoms with Crippen LogP contribution in [0.25, 0.3) is 22.3 Å². The maximum Gasteiger partial charge on any atom is 0.328 e. The topological polar surface area (TPSA) is 89.6 Å². The molecule has 0 aliphatic rings. The third kappa shape index (κ3) is 2.47. The van der Waals surface area contributed by atoms with Crippen molar-refractivity contribution in [2.45, 2.75) is 13.5 Å². The van der Waals surface area contributed by atoms with Crippen LogP contribution in [0.15, 0.2) is 45.8 Å². The summed E-state index contributed by atoms with van der Waals surface area (Å²) in [5.41, 5.74) is 2.33. The highest BCUT2D eigenvalue weighted by atomic mass is 19.1. The third-order valence-corrected chi connectivity index (χ3v) is 3.67. The monoisotopic (exact) mass is 325 g/mol. The molecule has 0 aliphatic heterocycles. The van der Waals surface area contributed by atoms with Crippen molar-refractivity contribution in [3.8, 4) is 11.1 Å². The number of benzene rings is 1. The van der Waals surface area contributed by atoms with Crippen LogP contribution < -0.4 is 5.69 Å². The molecule has 7 nitrogen and oxygen atoms in total. The number of aromatic nitrogens is 5. The number of aryl methyl sites for hydroxylation is 1. The van der Waals surface area contributed by atoms with Crippen molar-refractivity contribution in [2.75, 3.05) is 0 Å². The molecule has 120 valence electrons. The Labute approximate surface area is 134 Å². The largest absolute Gasteiger partial charge is 0.337 e. The molecule has 0 atom stereocenters. The van der Waals surface area contributed by atoms with Crippen molar-refractivity contribution in [1.82, 2.24) is 24.7 Å². The fraction of sp³-hybridized carbons (Fsp3) is 0.125. The van der Waals surface area contributed by atoms with Crippen LogP contribution in [0.3, 0.4) is 0 Å². The van der Waals surface area contributed by atoms with E-state index in [9.17, 15) is 9.18 Å². The Morgan fingerprint density at radius 1 is 1.25 bits per heavy atom. The van der Waals surface area contributed by atoms with Gasteiger partial charge in [-0.25, -0.2) is 14.2 Å². The Kier molecular flexibility index (Phi) is 3.23. The average molecular weight is 325 g/mol. The molecule has 0 unspecified atom stereocenters. The predicted molar refractivity (Wildman–Crippen MR) is 83.9 cm³/mol. The van der Waals surface area contributed by atoms with E-state index in [1.54, 1.807) is 25.3 Å². The van der Waals surface area contributed by atoms with Gasteiger partial charge in [0.25, 0.3) is 0 Å². The number of fused-ring (bicyclic) bond motifs is 1. The molecule has 4 aromatic rings. The molecule has 0 fully saturated rings. The van der Waals surface area contributed by atoms with Crippen molar-refractivity contribution < 1.29 is 8.91 Å². The molecule has 0 saturated carbocycles. The normalized spacial score (nSPS) is 11.2. The molecule has 4 rings (SSSR count). The Balaban J connectivity index is 1.81. The van der Waals surface area contributed by atoms with Gasteiger partial charge < -0.3 is 4.52 Å². The number of H-pyrrole nitrogens is 1. The lowest BCUT2D eigenvalue weighted by molar-refractivity contribution is 0.368. The number of nitrogens with one attached hydrogen (secondary N) is 1. The second kappa shape index (κ2) is 5.41. The summed E-state index contributed by atoms with van der Waals surface area (Å²) in [6.07, 6.45) is 1.63. The van der Waals surface area contributed by atoms with Gasteiger partial charge in [0, 0.05) is 11.8 Å². The van der Waals surface area contributed by atoms with Gasteiger partial charge in [-0.15, -0.1) is 0 Å². The summed E-state index contributed by atoms with van der Waals surface area (Å²) in [5.74, 6) is 0.531. The minimum absolute atomic E-state index is 0.147. The minimum Gasteiger partial charge on any atom is -0.337 e. The smallest absolute Gasteiger partial charge is 0.328 e. The molecule has 3 heterocycles. The van der Waals surface area contributed by atoms with Crippen molar-refractivity contribution in [1.29, 1.82) is 0 Å². The number of hydrogen-bond acceptors (Lipinski definition) is 5. The van der Waals surface area contributed by atoms with Gasteiger partial charge in [0.2, 0.25) is 5.89 Å². The van der Waals surface area contributed by atoms with E-state index in [1.165, 1.54) is 16.7 Å². The standard InChI is InChI=1S/C16H12FN5O2/c1-9-19-14(24-21-9)8-22-13-6-11(7-18-15(13)20-16(22)23)10-2-4-12(17)5-3-10/h2-7H,8H2,1H3,(H,18,20,23). The number of imidazole rings is 1.